The molecule has 1 N–H and O–H groups in total. The zero-order valence-electron chi connectivity index (χ0n) is 12.7. The van der Waals surface area contributed by atoms with Crippen LogP contribution in [0.15, 0.2) is 48.5 Å². The molecule has 0 amide bonds. The lowest BCUT2D eigenvalue weighted by Gasteiger charge is -2.37. The van der Waals surface area contributed by atoms with Gasteiger partial charge in [-0.2, -0.15) is 0 Å². The van der Waals surface area contributed by atoms with E-state index >= 15 is 0 Å². The Morgan fingerprint density at radius 2 is 1.86 bits per heavy atom. The van der Waals surface area contributed by atoms with Crippen molar-refractivity contribution in [2.75, 3.05) is 6.61 Å². The second-order valence-electron chi connectivity index (χ2n) is 5.84. The average molecular weight is 282 g/mol. The second kappa shape index (κ2) is 5.53. The van der Waals surface area contributed by atoms with Gasteiger partial charge in [-0.1, -0.05) is 43.3 Å². The zero-order chi connectivity index (χ0) is 14.9. The monoisotopic (exact) mass is 282 g/mol. The average Bonchev–Trinajstić information content (AvgIpc) is 2.52. The highest BCUT2D eigenvalue weighted by Crippen LogP contribution is 2.45. The highest BCUT2D eigenvalue weighted by Gasteiger charge is 2.38. The van der Waals surface area contributed by atoms with Gasteiger partial charge in [-0.15, -0.1) is 0 Å². The van der Waals surface area contributed by atoms with Gasteiger partial charge in [0.1, 0.15) is 11.4 Å². The lowest BCUT2D eigenvalue weighted by atomic mass is 9.71. The van der Waals surface area contributed by atoms with Crippen LogP contribution in [-0.4, -0.2) is 11.7 Å². The van der Waals surface area contributed by atoms with Crippen molar-refractivity contribution in [3.63, 3.8) is 0 Å². The summed E-state index contributed by atoms with van der Waals surface area (Å²) in [5.74, 6) is 1.35. The summed E-state index contributed by atoms with van der Waals surface area (Å²) in [5.41, 5.74) is 2.38. The number of hydrogen-bond acceptors (Lipinski definition) is 2. The number of fused-ring (bicyclic) bond motifs is 1. The minimum Gasteiger partial charge on any atom is -0.494 e. The summed E-state index contributed by atoms with van der Waals surface area (Å²) in [6.45, 7) is 4.86. The Labute approximate surface area is 126 Å². The molecular formula is C19H22O2. The summed E-state index contributed by atoms with van der Waals surface area (Å²) in [5, 5.41) is 11.3. The van der Waals surface area contributed by atoms with Crippen LogP contribution in [0.5, 0.6) is 5.75 Å². The first-order chi connectivity index (χ1) is 10.1. The molecule has 0 saturated carbocycles. The molecule has 21 heavy (non-hydrogen) atoms. The van der Waals surface area contributed by atoms with Gasteiger partial charge in [-0.3, -0.25) is 0 Å². The molecule has 2 unspecified atom stereocenters. The molecular weight excluding hydrogens is 260 g/mol. The summed E-state index contributed by atoms with van der Waals surface area (Å²) in [6.07, 6.45) is 1.76. The standard InChI is InChI=1S/C19H22O2/c1-3-21-16-10-8-15(9-11-16)19(20)13-12-14(2)17-6-4-5-7-18(17)19/h4-11,14,20H,3,12-13H2,1-2H3. The van der Waals surface area contributed by atoms with Crippen molar-refractivity contribution in [1.29, 1.82) is 0 Å². The van der Waals surface area contributed by atoms with Gasteiger partial charge in [0.15, 0.2) is 0 Å². The largest absolute Gasteiger partial charge is 0.494 e. The van der Waals surface area contributed by atoms with Crippen molar-refractivity contribution in [3.05, 3.63) is 65.2 Å². The first-order valence-electron chi connectivity index (χ1n) is 7.70. The van der Waals surface area contributed by atoms with Crippen LogP contribution in [0.1, 0.15) is 49.3 Å². The van der Waals surface area contributed by atoms with E-state index in [1.165, 1.54) is 5.56 Å². The molecule has 2 heteroatoms. The molecule has 1 aliphatic carbocycles. The summed E-state index contributed by atoms with van der Waals surface area (Å²) in [6, 6.07) is 16.1. The molecule has 0 spiro atoms. The third-order valence-electron chi connectivity index (χ3n) is 4.52. The second-order valence-corrected chi connectivity index (χ2v) is 5.84. The Hall–Kier alpha value is -1.80. The van der Waals surface area contributed by atoms with Gasteiger partial charge in [-0.25, -0.2) is 0 Å². The molecule has 0 bridgehead atoms. The maximum absolute atomic E-state index is 11.3. The first-order valence-corrected chi connectivity index (χ1v) is 7.70. The third kappa shape index (κ3) is 2.44. The van der Waals surface area contributed by atoms with Crippen molar-refractivity contribution < 1.29 is 9.84 Å². The van der Waals surface area contributed by atoms with Gasteiger partial charge in [0.2, 0.25) is 0 Å². The van der Waals surface area contributed by atoms with Crippen molar-refractivity contribution in [2.24, 2.45) is 0 Å². The zero-order valence-corrected chi connectivity index (χ0v) is 12.7. The van der Waals surface area contributed by atoms with Gasteiger partial charge in [-0.05, 0) is 54.5 Å². The van der Waals surface area contributed by atoms with Gasteiger partial charge < -0.3 is 9.84 Å². The predicted octanol–water partition coefficient (Wildman–Crippen LogP) is 4.22. The van der Waals surface area contributed by atoms with Gasteiger partial charge >= 0.3 is 0 Å². The molecule has 2 aromatic carbocycles. The molecule has 3 rings (SSSR count). The normalized spacial score (nSPS) is 24.4. The molecule has 0 aliphatic heterocycles. The molecule has 0 fully saturated rings. The smallest absolute Gasteiger partial charge is 0.119 e. The molecule has 110 valence electrons. The summed E-state index contributed by atoms with van der Waals surface area (Å²) in [4.78, 5) is 0. The van der Waals surface area contributed by atoms with E-state index in [9.17, 15) is 5.11 Å². The van der Waals surface area contributed by atoms with Crippen LogP contribution in [0.25, 0.3) is 0 Å². The quantitative estimate of drug-likeness (QED) is 0.913. The highest BCUT2D eigenvalue weighted by atomic mass is 16.5. The fourth-order valence-electron chi connectivity index (χ4n) is 3.31. The highest BCUT2D eigenvalue weighted by molar-refractivity contribution is 5.45. The number of hydrogen-bond donors (Lipinski definition) is 1. The Balaban J connectivity index is 2.02. The lowest BCUT2D eigenvalue weighted by molar-refractivity contribution is 0.0579. The van der Waals surface area contributed by atoms with Crippen LogP contribution >= 0.6 is 0 Å². The van der Waals surface area contributed by atoms with E-state index in [0.29, 0.717) is 12.5 Å². The van der Waals surface area contributed by atoms with Crippen molar-refractivity contribution in [3.8, 4) is 5.75 Å². The molecule has 2 nitrogen and oxygen atoms in total. The molecule has 0 heterocycles. The Morgan fingerprint density at radius 3 is 2.57 bits per heavy atom. The van der Waals surface area contributed by atoms with Gasteiger partial charge in [0, 0.05) is 0 Å². The molecule has 0 radical (unpaired) electrons. The van der Waals surface area contributed by atoms with E-state index < -0.39 is 5.60 Å². The lowest BCUT2D eigenvalue weighted by Crippen LogP contribution is -2.32. The first kappa shape index (κ1) is 14.2. The van der Waals surface area contributed by atoms with Crippen LogP contribution in [-0.2, 0) is 5.60 Å². The van der Waals surface area contributed by atoms with Crippen molar-refractivity contribution >= 4 is 0 Å². The van der Waals surface area contributed by atoms with Crippen LogP contribution in [0.2, 0.25) is 0 Å². The van der Waals surface area contributed by atoms with Crippen LogP contribution in [0.3, 0.4) is 0 Å². The van der Waals surface area contributed by atoms with Gasteiger partial charge in [0.25, 0.3) is 0 Å². The molecule has 2 atom stereocenters. The van der Waals surface area contributed by atoms with Gasteiger partial charge in [0.05, 0.1) is 6.61 Å². The number of rotatable bonds is 3. The summed E-state index contributed by atoms with van der Waals surface area (Å²) >= 11 is 0. The predicted molar refractivity (Wildman–Crippen MR) is 84.7 cm³/mol. The summed E-state index contributed by atoms with van der Waals surface area (Å²) in [7, 11) is 0. The van der Waals surface area contributed by atoms with E-state index in [1.54, 1.807) is 0 Å². The van der Waals surface area contributed by atoms with Crippen molar-refractivity contribution in [1.82, 2.24) is 0 Å². The number of benzene rings is 2. The number of ether oxygens (including phenoxy) is 1. The maximum Gasteiger partial charge on any atom is 0.119 e. The van der Waals surface area contributed by atoms with E-state index in [0.717, 1.165) is 29.7 Å². The maximum atomic E-state index is 11.3. The minimum atomic E-state index is -0.881. The van der Waals surface area contributed by atoms with E-state index in [2.05, 4.69) is 25.1 Å². The Morgan fingerprint density at radius 1 is 1.14 bits per heavy atom. The fourth-order valence-corrected chi connectivity index (χ4v) is 3.31. The third-order valence-corrected chi connectivity index (χ3v) is 4.52. The van der Waals surface area contributed by atoms with E-state index in [4.69, 9.17) is 4.74 Å². The van der Waals surface area contributed by atoms with E-state index in [1.807, 2.05) is 37.3 Å². The SMILES string of the molecule is CCOc1ccc(C2(O)CCC(C)c3ccccc32)cc1. The van der Waals surface area contributed by atoms with Crippen LogP contribution in [0.4, 0.5) is 0 Å². The molecule has 0 saturated heterocycles. The minimum absolute atomic E-state index is 0.504. The van der Waals surface area contributed by atoms with E-state index in [-0.39, 0.29) is 0 Å². The number of aliphatic hydroxyl groups is 1. The Bertz CT molecular complexity index is 618. The Kier molecular flexibility index (Phi) is 3.73. The fraction of sp³-hybridized carbons (Fsp3) is 0.368. The van der Waals surface area contributed by atoms with Crippen LogP contribution < -0.4 is 4.74 Å². The summed E-state index contributed by atoms with van der Waals surface area (Å²) < 4.78 is 5.49. The molecule has 1 aliphatic rings. The van der Waals surface area contributed by atoms with Crippen molar-refractivity contribution in [2.45, 2.75) is 38.2 Å². The topological polar surface area (TPSA) is 29.5 Å². The molecule has 2 aromatic rings. The van der Waals surface area contributed by atoms with Crippen LogP contribution in [0, 0.1) is 0 Å². The molecule has 0 aromatic heterocycles.